The molecular formula is C18H28N2O. The number of fused-ring (bicyclic) bond motifs is 1. The van der Waals surface area contributed by atoms with Gasteiger partial charge in [-0.25, -0.2) is 0 Å². The predicted octanol–water partition coefficient (Wildman–Crippen LogP) is 3.36. The number of rotatable bonds is 5. The topological polar surface area (TPSA) is 24.5 Å². The van der Waals surface area contributed by atoms with E-state index in [4.69, 9.17) is 4.74 Å². The summed E-state index contributed by atoms with van der Waals surface area (Å²) in [7, 11) is 0. The van der Waals surface area contributed by atoms with Crippen molar-refractivity contribution in [2.45, 2.75) is 64.3 Å². The van der Waals surface area contributed by atoms with Gasteiger partial charge >= 0.3 is 0 Å². The molecule has 116 valence electrons. The highest BCUT2D eigenvalue weighted by Crippen LogP contribution is 2.30. The van der Waals surface area contributed by atoms with Gasteiger partial charge in [-0.3, -0.25) is 4.90 Å². The highest BCUT2D eigenvalue weighted by Gasteiger charge is 2.37. The van der Waals surface area contributed by atoms with Gasteiger partial charge in [0.2, 0.25) is 0 Å². The number of hydrogen-bond acceptors (Lipinski definition) is 3. The molecule has 2 saturated heterocycles. The molecule has 3 atom stereocenters. The molecule has 0 aliphatic carbocycles. The van der Waals surface area contributed by atoms with Gasteiger partial charge in [0.15, 0.2) is 0 Å². The van der Waals surface area contributed by atoms with Gasteiger partial charge in [-0.1, -0.05) is 12.1 Å². The minimum absolute atomic E-state index is 0.227. The molecule has 0 spiro atoms. The van der Waals surface area contributed by atoms with Crippen molar-refractivity contribution in [3.8, 4) is 5.75 Å². The molecule has 1 aromatic carbocycles. The number of nitrogens with zero attached hydrogens (tertiary/aromatic N) is 1. The summed E-state index contributed by atoms with van der Waals surface area (Å²) >= 11 is 0. The molecule has 3 rings (SSSR count). The summed E-state index contributed by atoms with van der Waals surface area (Å²) < 4.78 is 5.81. The van der Waals surface area contributed by atoms with Crippen molar-refractivity contribution in [2.24, 2.45) is 0 Å². The first kappa shape index (κ1) is 14.9. The van der Waals surface area contributed by atoms with Gasteiger partial charge in [0.25, 0.3) is 0 Å². The van der Waals surface area contributed by atoms with E-state index >= 15 is 0 Å². The molecule has 1 aromatic rings. The Labute approximate surface area is 128 Å². The van der Waals surface area contributed by atoms with E-state index in [9.17, 15) is 0 Å². The Balaban J connectivity index is 1.63. The second-order valence-electron chi connectivity index (χ2n) is 6.77. The van der Waals surface area contributed by atoms with Crippen molar-refractivity contribution in [3.05, 3.63) is 29.8 Å². The number of nitrogens with one attached hydrogen (secondary N) is 1. The van der Waals surface area contributed by atoms with E-state index in [1.165, 1.54) is 37.9 Å². The van der Waals surface area contributed by atoms with Gasteiger partial charge in [-0.05, 0) is 64.3 Å². The summed E-state index contributed by atoms with van der Waals surface area (Å²) in [6, 6.07) is 10.3. The van der Waals surface area contributed by atoms with Crippen LogP contribution in [-0.2, 0) is 0 Å². The molecule has 2 heterocycles. The van der Waals surface area contributed by atoms with E-state index < -0.39 is 0 Å². The van der Waals surface area contributed by atoms with Crippen LogP contribution in [0.1, 0.15) is 51.6 Å². The van der Waals surface area contributed by atoms with Crippen LogP contribution >= 0.6 is 0 Å². The van der Waals surface area contributed by atoms with Crippen molar-refractivity contribution in [2.75, 3.05) is 13.1 Å². The van der Waals surface area contributed by atoms with Crippen LogP contribution in [0.25, 0.3) is 0 Å². The van der Waals surface area contributed by atoms with Crippen LogP contribution < -0.4 is 10.1 Å². The Bertz CT molecular complexity index is 474. The molecule has 21 heavy (non-hydrogen) atoms. The number of ether oxygens (including phenoxy) is 1. The average Bonchev–Trinajstić information content (AvgIpc) is 3.03. The Morgan fingerprint density at radius 2 is 2.05 bits per heavy atom. The van der Waals surface area contributed by atoms with Crippen LogP contribution in [0.5, 0.6) is 5.75 Å². The van der Waals surface area contributed by atoms with Gasteiger partial charge < -0.3 is 10.1 Å². The van der Waals surface area contributed by atoms with Crippen LogP contribution in [0.2, 0.25) is 0 Å². The summed E-state index contributed by atoms with van der Waals surface area (Å²) in [6.45, 7) is 8.98. The minimum atomic E-state index is 0.227. The van der Waals surface area contributed by atoms with Crippen LogP contribution in [0.4, 0.5) is 0 Å². The highest BCUT2D eigenvalue weighted by molar-refractivity contribution is 5.30. The third-order valence-electron chi connectivity index (χ3n) is 4.80. The Morgan fingerprint density at radius 3 is 2.86 bits per heavy atom. The van der Waals surface area contributed by atoms with E-state index in [0.29, 0.717) is 12.1 Å². The molecular weight excluding hydrogens is 260 g/mol. The maximum Gasteiger partial charge on any atom is 0.120 e. The monoisotopic (exact) mass is 288 g/mol. The Kier molecular flexibility index (Phi) is 4.51. The predicted molar refractivity (Wildman–Crippen MR) is 86.8 cm³/mol. The normalized spacial score (nSPS) is 27.0. The zero-order chi connectivity index (χ0) is 14.8. The molecule has 3 unspecified atom stereocenters. The van der Waals surface area contributed by atoms with Gasteiger partial charge in [-0.2, -0.15) is 0 Å². The fourth-order valence-corrected chi connectivity index (χ4v) is 3.82. The lowest BCUT2D eigenvalue weighted by Gasteiger charge is -2.25. The van der Waals surface area contributed by atoms with Crippen molar-refractivity contribution in [1.29, 1.82) is 0 Å². The highest BCUT2D eigenvalue weighted by atomic mass is 16.5. The molecule has 0 saturated carbocycles. The second-order valence-corrected chi connectivity index (χ2v) is 6.77. The van der Waals surface area contributed by atoms with Crippen LogP contribution in [0, 0.1) is 0 Å². The van der Waals surface area contributed by atoms with E-state index in [1.807, 2.05) is 6.07 Å². The SMILES string of the molecule is CC(C)Oc1cccc(C(C)NC2CCN3CCCC23)c1. The standard InChI is InChI=1S/C18H28N2O/c1-13(2)21-16-7-4-6-15(12-16)14(3)19-17-9-11-20-10-5-8-18(17)20/h4,6-7,12-14,17-19H,5,8-11H2,1-3H3. The molecule has 0 amide bonds. The third kappa shape index (κ3) is 3.41. The van der Waals surface area contributed by atoms with Crippen molar-refractivity contribution >= 4 is 0 Å². The molecule has 3 heteroatoms. The lowest BCUT2D eigenvalue weighted by atomic mass is 10.0. The molecule has 3 nitrogen and oxygen atoms in total. The summed E-state index contributed by atoms with van der Waals surface area (Å²) in [5.74, 6) is 0.977. The van der Waals surface area contributed by atoms with Crippen LogP contribution in [0.3, 0.4) is 0 Å². The first-order valence-corrected chi connectivity index (χ1v) is 8.40. The molecule has 2 aliphatic rings. The van der Waals surface area contributed by atoms with Gasteiger partial charge in [0.05, 0.1) is 6.10 Å². The van der Waals surface area contributed by atoms with Crippen molar-refractivity contribution < 1.29 is 4.74 Å². The number of hydrogen-bond donors (Lipinski definition) is 1. The Morgan fingerprint density at radius 1 is 1.19 bits per heavy atom. The zero-order valence-corrected chi connectivity index (χ0v) is 13.5. The first-order chi connectivity index (χ1) is 10.1. The maximum absolute atomic E-state index is 5.81. The van der Waals surface area contributed by atoms with Gasteiger partial charge in [-0.15, -0.1) is 0 Å². The first-order valence-electron chi connectivity index (χ1n) is 8.40. The summed E-state index contributed by atoms with van der Waals surface area (Å²) in [4.78, 5) is 2.66. The molecule has 0 bridgehead atoms. The quantitative estimate of drug-likeness (QED) is 0.899. The fraction of sp³-hybridized carbons (Fsp3) is 0.667. The van der Waals surface area contributed by atoms with Crippen LogP contribution in [-0.4, -0.2) is 36.2 Å². The van der Waals surface area contributed by atoms with Gasteiger partial charge in [0.1, 0.15) is 5.75 Å². The molecule has 1 N–H and O–H groups in total. The van der Waals surface area contributed by atoms with E-state index in [-0.39, 0.29) is 6.10 Å². The summed E-state index contributed by atoms with van der Waals surface area (Å²) in [6.07, 6.45) is 4.25. The van der Waals surface area contributed by atoms with E-state index in [2.05, 4.69) is 49.2 Å². The molecule has 0 aromatic heterocycles. The molecule has 0 radical (unpaired) electrons. The lowest BCUT2D eigenvalue weighted by molar-refractivity contribution is 0.242. The van der Waals surface area contributed by atoms with E-state index in [1.54, 1.807) is 0 Å². The largest absolute Gasteiger partial charge is 0.491 e. The Hall–Kier alpha value is -1.06. The van der Waals surface area contributed by atoms with E-state index in [0.717, 1.165) is 11.8 Å². The maximum atomic E-state index is 5.81. The lowest BCUT2D eigenvalue weighted by Crippen LogP contribution is -2.40. The summed E-state index contributed by atoms with van der Waals surface area (Å²) in [5, 5.41) is 3.85. The minimum Gasteiger partial charge on any atom is -0.491 e. The number of benzene rings is 1. The average molecular weight is 288 g/mol. The van der Waals surface area contributed by atoms with Crippen molar-refractivity contribution in [1.82, 2.24) is 10.2 Å². The summed E-state index contributed by atoms with van der Waals surface area (Å²) in [5.41, 5.74) is 1.32. The molecule has 2 aliphatic heterocycles. The van der Waals surface area contributed by atoms with Gasteiger partial charge in [0, 0.05) is 24.7 Å². The zero-order valence-electron chi connectivity index (χ0n) is 13.5. The fourth-order valence-electron chi connectivity index (χ4n) is 3.82. The smallest absolute Gasteiger partial charge is 0.120 e. The molecule has 2 fully saturated rings. The second kappa shape index (κ2) is 6.37. The van der Waals surface area contributed by atoms with Crippen LogP contribution in [0.15, 0.2) is 24.3 Å². The third-order valence-corrected chi connectivity index (χ3v) is 4.80. The van der Waals surface area contributed by atoms with Crippen molar-refractivity contribution in [3.63, 3.8) is 0 Å².